The number of carboxylic acids is 1. The fourth-order valence-corrected chi connectivity index (χ4v) is 3.23. The molecule has 8 heteroatoms. The lowest BCUT2D eigenvalue weighted by Gasteiger charge is -2.25. The highest BCUT2D eigenvalue weighted by molar-refractivity contribution is 6.46. The van der Waals surface area contributed by atoms with Crippen molar-refractivity contribution in [2.75, 3.05) is 6.54 Å². The summed E-state index contributed by atoms with van der Waals surface area (Å²) >= 11 is 5.83. The maximum Gasteiger partial charge on any atom is 0.295 e. The third-order valence-electron chi connectivity index (χ3n) is 4.41. The Morgan fingerprint density at radius 2 is 1.79 bits per heavy atom. The van der Waals surface area contributed by atoms with E-state index in [1.807, 2.05) is 0 Å². The maximum absolute atomic E-state index is 14.5. The molecule has 0 radical (unpaired) electrons. The Bertz CT molecular complexity index is 986. The van der Waals surface area contributed by atoms with Crippen LogP contribution in [0.4, 0.5) is 4.39 Å². The number of aliphatic carboxylic acids is 1. The van der Waals surface area contributed by atoms with Crippen molar-refractivity contribution in [1.29, 1.82) is 0 Å². The van der Waals surface area contributed by atoms with Crippen molar-refractivity contribution < 1.29 is 29.0 Å². The van der Waals surface area contributed by atoms with Crippen molar-refractivity contribution in [3.63, 3.8) is 0 Å². The Labute approximate surface area is 164 Å². The van der Waals surface area contributed by atoms with Gasteiger partial charge in [0.05, 0.1) is 11.6 Å². The Kier molecular flexibility index (Phi) is 5.46. The second-order valence-corrected chi connectivity index (χ2v) is 6.58. The summed E-state index contributed by atoms with van der Waals surface area (Å²) in [6, 6.07) is 10.1. The number of amides is 1. The molecule has 6 nitrogen and oxygen atoms in total. The van der Waals surface area contributed by atoms with E-state index in [0.717, 1.165) is 11.0 Å². The van der Waals surface area contributed by atoms with Gasteiger partial charge < -0.3 is 19.9 Å². The molecule has 0 spiro atoms. The number of carbonyl (C=O) groups excluding carboxylic acids is 3. The lowest BCUT2D eigenvalue weighted by atomic mass is 9.95. The van der Waals surface area contributed by atoms with Crippen LogP contribution in [0.5, 0.6) is 0 Å². The van der Waals surface area contributed by atoms with Gasteiger partial charge in [0.1, 0.15) is 11.6 Å². The molecular formula is C20H14ClFNO5-. The maximum atomic E-state index is 14.5. The number of carboxylic acid groups (broad SMARTS) is 1. The van der Waals surface area contributed by atoms with E-state index in [1.165, 1.54) is 42.5 Å². The smallest absolute Gasteiger partial charge is 0.295 e. The number of likely N-dealkylation sites (tertiary alicyclic amines) is 1. The van der Waals surface area contributed by atoms with Gasteiger partial charge >= 0.3 is 0 Å². The number of carbonyl (C=O) groups is 3. The van der Waals surface area contributed by atoms with Crippen LogP contribution in [0.2, 0.25) is 5.02 Å². The first-order chi connectivity index (χ1) is 13.3. The molecule has 1 amide bonds. The largest absolute Gasteiger partial charge is 0.550 e. The molecule has 1 atom stereocenters. The predicted octanol–water partition coefficient (Wildman–Crippen LogP) is 2.04. The molecule has 1 heterocycles. The number of Topliss-reactive ketones (excluding diaryl/α,β-unsaturated/α-hetero) is 1. The zero-order valence-corrected chi connectivity index (χ0v) is 15.1. The van der Waals surface area contributed by atoms with Gasteiger partial charge in [0.15, 0.2) is 0 Å². The molecule has 0 aliphatic carbocycles. The fourth-order valence-electron chi connectivity index (χ4n) is 3.11. The molecule has 0 aromatic heterocycles. The first-order valence-electron chi connectivity index (χ1n) is 8.30. The first-order valence-corrected chi connectivity index (χ1v) is 8.67. The van der Waals surface area contributed by atoms with Crippen LogP contribution in [0, 0.1) is 5.82 Å². The second-order valence-electron chi connectivity index (χ2n) is 6.14. The molecule has 3 rings (SSSR count). The van der Waals surface area contributed by atoms with E-state index in [1.54, 1.807) is 0 Å². The summed E-state index contributed by atoms with van der Waals surface area (Å²) in [4.78, 5) is 36.9. The van der Waals surface area contributed by atoms with Crippen LogP contribution in [-0.4, -0.2) is 34.2 Å². The van der Waals surface area contributed by atoms with Crippen LogP contribution in [0.1, 0.15) is 23.6 Å². The molecule has 2 aromatic carbocycles. The van der Waals surface area contributed by atoms with E-state index in [0.29, 0.717) is 5.02 Å². The van der Waals surface area contributed by atoms with Gasteiger partial charge in [-0.1, -0.05) is 29.8 Å². The van der Waals surface area contributed by atoms with Gasteiger partial charge in [-0.15, -0.1) is 0 Å². The highest BCUT2D eigenvalue weighted by atomic mass is 35.5. The van der Waals surface area contributed by atoms with Crippen molar-refractivity contribution in [1.82, 2.24) is 4.90 Å². The van der Waals surface area contributed by atoms with E-state index in [2.05, 4.69) is 0 Å². The summed E-state index contributed by atoms with van der Waals surface area (Å²) in [6.07, 6.45) is -0.543. The van der Waals surface area contributed by atoms with Crippen molar-refractivity contribution in [2.45, 2.75) is 12.5 Å². The Hall–Kier alpha value is -3.19. The molecule has 1 saturated heterocycles. The average molecular weight is 403 g/mol. The fraction of sp³-hybridized carbons (Fsp3) is 0.150. The summed E-state index contributed by atoms with van der Waals surface area (Å²) in [6.45, 7) is -0.372. The Balaban J connectivity index is 2.18. The molecule has 144 valence electrons. The molecule has 1 fully saturated rings. The topological polar surface area (TPSA) is 97.7 Å². The minimum Gasteiger partial charge on any atom is -0.550 e. The lowest BCUT2D eigenvalue weighted by molar-refractivity contribution is -0.305. The molecule has 1 aliphatic heterocycles. The van der Waals surface area contributed by atoms with Crippen LogP contribution in [0.25, 0.3) is 5.76 Å². The van der Waals surface area contributed by atoms with Crippen molar-refractivity contribution >= 4 is 35.0 Å². The van der Waals surface area contributed by atoms with Crippen molar-refractivity contribution in [3.05, 3.63) is 76.1 Å². The van der Waals surface area contributed by atoms with Crippen molar-refractivity contribution in [2.24, 2.45) is 0 Å². The number of benzene rings is 2. The third kappa shape index (κ3) is 3.61. The van der Waals surface area contributed by atoms with E-state index < -0.39 is 41.7 Å². The van der Waals surface area contributed by atoms with Crippen LogP contribution in [-0.2, 0) is 14.4 Å². The minimum atomic E-state index is -1.42. The molecular weight excluding hydrogens is 389 g/mol. The average Bonchev–Trinajstić information content (AvgIpc) is 2.91. The SMILES string of the molecule is O=C([O-])CCN1C(=O)C(=O)C(=C(O)c2ccc(Cl)cc2)[C@H]1c1ccccc1F. The highest BCUT2D eigenvalue weighted by Crippen LogP contribution is 2.40. The standard InChI is InChI=1S/C20H15ClFNO5/c21-12-7-5-11(6-8-12)18(26)16-17(13-3-1-2-4-14(13)22)23(10-9-15(24)25)20(28)19(16)27/h1-8,17,26H,9-10H2,(H,24,25)/p-1/t17-/m1/s1. The molecule has 0 saturated carbocycles. The number of nitrogens with zero attached hydrogens (tertiary/aromatic N) is 1. The van der Waals surface area contributed by atoms with Gasteiger partial charge in [0, 0.05) is 35.1 Å². The minimum absolute atomic E-state index is 0.0319. The number of halogens is 2. The van der Waals surface area contributed by atoms with Gasteiger partial charge in [-0.2, -0.15) is 0 Å². The molecule has 0 unspecified atom stereocenters. The molecule has 1 N–H and O–H groups in total. The van der Waals surface area contributed by atoms with E-state index >= 15 is 0 Å². The number of ketones is 1. The van der Waals surface area contributed by atoms with E-state index in [4.69, 9.17) is 11.6 Å². The van der Waals surface area contributed by atoms with Gasteiger partial charge in [0.25, 0.3) is 11.7 Å². The van der Waals surface area contributed by atoms with Crippen molar-refractivity contribution in [3.8, 4) is 0 Å². The van der Waals surface area contributed by atoms with Gasteiger partial charge in [0.2, 0.25) is 0 Å². The van der Waals surface area contributed by atoms with Gasteiger partial charge in [-0.05, 0) is 30.3 Å². The molecule has 28 heavy (non-hydrogen) atoms. The summed E-state index contributed by atoms with van der Waals surface area (Å²) < 4.78 is 14.5. The number of hydrogen-bond donors (Lipinski definition) is 1. The van der Waals surface area contributed by atoms with Crippen LogP contribution in [0.15, 0.2) is 54.1 Å². The lowest BCUT2D eigenvalue weighted by Crippen LogP contribution is -2.35. The van der Waals surface area contributed by atoms with E-state index in [-0.39, 0.29) is 23.2 Å². The highest BCUT2D eigenvalue weighted by Gasteiger charge is 2.46. The number of rotatable bonds is 5. The third-order valence-corrected chi connectivity index (χ3v) is 4.67. The van der Waals surface area contributed by atoms with Gasteiger partial charge in [-0.25, -0.2) is 4.39 Å². The molecule has 1 aliphatic rings. The van der Waals surface area contributed by atoms with Crippen LogP contribution < -0.4 is 5.11 Å². The quantitative estimate of drug-likeness (QED) is 0.469. The molecule has 0 bridgehead atoms. The zero-order valence-electron chi connectivity index (χ0n) is 14.4. The van der Waals surface area contributed by atoms with Crippen LogP contribution in [0.3, 0.4) is 0 Å². The monoisotopic (exact) mass is 402 g/mol. The summed E-state index contributed by atoms with van der Waals surface area (Å²) in [5, 5.41) is 21.9. The summed E-state index contributed by atoms with van der Waals surface area (Å²) in [5.74, 6) is -4.68. The van der Waals surface area contributed by atoms with Crippen LogP contribution >= 0.6 is 11.6 Å². The number of hydrogen-bond acceptors (Lipinski definition) is 5. The number of aliphatic hydroxyl groups is 1. The molecule has 2 aromatic rings. The Morgan fingerprint density at radius 1 is 1.14 bits per heavy atom. The summed E-state index contributed by atoms with van der Waals surface area (Å²) in [5.41, 5.74) is -0.144. The zero-order chi connectivity index (χ0) is 20.4. The second kappa shape index (κ2) is 7.82. The van der Waals surface area contributed by atoms with E-state index in [9.17, 15) is 29.0 Å². The first kappa shape index (κ1) is 19.6. The predicted molar refractivity (Wildman–Crippen MR) is 96.5 cm³/mol. The Morgan fingerprint density at radius 3 is 2.39 bits per heavy atom. The normalized spacial score (nSPS) is 18.5. The summed E-state index contributed by atoms with van der Waals surface area (Å²) in [7, 11) is 0. The number of aliphatic hydroxyl groups excluding tert-OH is 1. The van der Waals surface area contributed by atoms with Gasteiger partial charge in [-0.3, -0.25) is 9.59 Å².